The third-order valence-electron chi connectivity index (χ3n) is 5.70. The highest BCUT2D eigenvalue weighted by molar-refractivity contribution is 9.10. The van der Waals surface area contributed by atoms with Crippen LogP contribution in [0.4, 0.5) is 5.69 Å². The van der Waals surface area contributed by atoms with Crippen LogP contribution in [0.1, 0.15) is 56.9 Å². The van der Waals surface area contributed by atoms with Crippen LogP contribution in [0.2, 0.25) is 0 Å². The largest absolute Gasteiger partial charge is 0.469 e. The molecule has 1 amide bonds. The van der Waals surface area contributed by atoms with Gasteiger partial charge in [0.2, 0.25) is 5.91 Å². The smallest absolute Gasteiger partial charge is 0.309 e. The van der Waals surface area contributed by atoms with Crippen LogP contribution in [0.25, 0.3) is 0 Å². The predicted molar refractivity (Wildman–Crippen MR) is 107 cm³/mol. The van der Waals surface area contributed by atoms with E-state index < -0.39 is 0 Å². The van der Waals surface area contributed by atoms with Gasteiger partial charge in [-0.1, -0.05) is 41.6 Å². The number of halogens is 1. The molecule has 1 aromatic carbocycles. The first kappa shape index (κ1) is 20.3. The third-order valence-corrected chi connectivity index (χ3v) is 6.47. The lowest BCUT2D eigenvalue weighted by atomic mass is 9.78. The normalized spacial score (nSPS) is 23.2. The van der Waals surface area contributed by atoms with Crippen molar-refractivity contribution in [2.75, 3.05) is 12.4 Å². The zero-order valence-electron chi connectivity index (χ0n) is 15.8. The standard InChI is InChI=1S/C21H28BrNO4/c1-26-21(25)18-9-5-4-8-17(18)20(24)23-15-10-11-19(22)14(12-15)13-27-16-6-2-3-7-16/h10-12,16-18H,2-9,13H2,1H3,(H,23,24)/t17-,18+/m0/s1. The zero-order chi connectivity index (χ0) is 19.2. The molecule has 1 N–H and O–H groups in total. The van der Waals surface area contributed by atoms with Gasteiger partial charge >= 0.3 is 5.97 Å². The third kappa shape index (κ3) is 5.32. The van der Waals surface area contributed by atoms with E-state index in [1.54, 1.807) is 0 Å². The molecular formula is C21H28BrNO4. The SMILES string of the molecule is COC(=O)[C@@H]1CCCC[C@@H]1C(=O)Nc1ccc(Br)c(COC2CCCC2)c1. The Hall–Kier alpha value is -1.40. The minimum absolute atomic E-state index is 0.102. The number of carbonyl (C=O) groups is 2. The van der Waals surface area contributed by atoms with Crippen molar-refractivity contribution in [3.8, 4) is 0 Å². The molecule has 0 heterocycles. The van der Waals surface area contributed by atoms with Crippen LogP contribution in [0.5, 0.6) is 0 Å². The molecule has 0 radical (unpaired) electrons. The van der Waals surface area contributed by atoms with Crippen LogP contribution >= 0.6 is 15.9 Å². The molecule has 6 heteroatoms. The Kier molecular flexibility index (Phi) is 7.30. The number of esters is 1. The second-order valence-corrected chi connectivity index (χ2v) is 8.39. The van der Waals surface area contributed by atoms with Crippen LogP contribution < -0.4 is 5.32 Å². The number of benzene rings is 1. The summed E-state index contributed by atoms with van der Waals surface area (Å²) in [4.78, 5) is 24.8. The topological polar surface area (TPSA) is 64.6 Å². The summed E-state index contributed by atoms with van der Waals surface area (Å²) < 4.78 is 11.9. The molecule has 0 unspecified atom stereocenters. The van der Waals surface area contributed by atoms with Crippen LogP contribution in [0, 0.1) is 11.8 Å². The van der Waals surface area contributed by atoms with Gasteiger partial charge < -0.3 is 14.8 Å². The van der Waals surface area contributed by atoms with Crippen molar-refractivity contribution in [3.05, 3.63) is 28.2 Å². The summed E-state index contributed by atoms with van der Waals surface area (Å²) in [6.45, 7) is 0.531. The van der Waals surface area contributed by atoms with E-state index >= 15 is 0 Å². The van der Waals surface area contributed by atoms with Gasteiger partial charge in [0, 0.05) is 10.2 Å². The predicted octanol–water partition coefficient (Wildman–Crippen LogP) is 4.83. The van der Waals surface area contributed by atoms with Crippen molar-refractivity contribution in [1.82, 2.24) is 0 Å². The number of nitrogens with one attached hydrogen (secondary N) is 1. The fourth-order valence-corrected chi connectivity index (χ4v) is 4.50. The Morgan fingerprint density at radius 1 is 1.07 bits per heavy atom. The molecule has 0 aliphatic heterocycles. The number of hydrogen-bond donors (Lipinski definition) is 1. The number of anilines is 1. The Bertz CT molecular complexity index is 672. The van der Waals surface area contributed by atoms with Crippen molar-refractivity contribution in [2.45, 2.75) is 64.1 Å². The summed E-state index contributed by atoms with van der Waals surface area (Å²) >= 11 is 3.57. The summed E-state index contributed by atoms with van der Waals surface area (Å²) in [6.07, 6.45) is 8.45. The monoisotopic (exact) mass is 437 g/mol. The molecule has 5 nitrogen and oxygen atoms in total. The molecule has 2 saturated carbocycles. The van der Waals surface area contributed by atoms with Crippen LogP contribution in [0.15, 0.2) is 22.7 Å². The molecule has 2 aliphatic rings. The molecule has 0 saturated heterocycles. The lowest BCUT2D eigenvalue weighted by molar-refractivity contribution is -0.151. The van der Waals surface area contributed by atoms with Gasteiger partial charge in [-0.05, 0) is 49.4 Å². The fraction of sp³-hybridized carbons (Fsp3) is 0.619. The van der Waals surface area contributed by atoms with Gasteiger partial charge in [-0.15, -0.1) is 0 Å². The number of ether oxygens (including phenoxy) is 2. The van der Waals surface area contributed by atoms with Crippen molar-refractivity contribution >= 4 is 33.5 Å². The Morgan fingerprint density at radius 3 is 2.44 bits per heavy atom. The minimum Gasteiger partial charge on any atom is -0.469 e. The van der Waals surface area contributed by atoms with Gasteiger partial charge in [-0.2, -0.15) is 0 Å². The number of methoxy groups -OCH3 is 1. The first-order chi connectivity index (χ1) is 13.1. The lowest BCUT2D eigenvalue weighted by Gasteiger charge is -2.28. The Labute approximate surface area is 169 Å². The second-order valence-electron chi connectivity index (χ2n) is 7.53. The summed E-state index contributed by atoms with van der Waals surface area (Å²) in [5.41, 5.74) is 1.76. The van der Waals surface area contributed by atoms with Gasteiger partial charge in [-0.3, -0.25) is 9.59 Å². The van der Waals surface area contributed by atoms with Crippen molar-refractivity contribution in [1.29, 1.82) is 0 Å². The fourth-order valence-electron chi connectivity index (χ4n) is 4.14. The summed E-state index contributed by atoms with van der Waals surface area (Å²) in [5.74, 6) is -1.05. The molecule has 0 aromatic heterocycles. The molecule has 0 bridgehead atoms. The minimum atomic E-state index is -0.343. The van der Waals surface area contributed by atoms with Crippen molar-refractivity contribution in [3.63, 3.8) is 0 Å². The molecule has 2 aliphatic carbocycles. The maximum absolute atomic E-state index is 12.8. The van der Waals surface area contributed by atoms with E-state index in [1.807, 2.05) is 18.2 Å². The maximum Gasteiger partial charge on any atom is 0.309 e. The Balaban J connectivity index is 1.64. The highest BCUT2D eigenvalue weighted by atomic mass is 79.9. The van der Waals surface area contributed by atoms with Crippen molar-refractivity contribution < 1.29 is 19.1 Å². The molecule has 148 valence electrons. The Morgan fingerprint density at radius 2 is 1.74 bits per heavy atom. The van der Waals surface area contributed by atoms with Gasteiger partial charge in [0.15, 0.2) is 0 Å². The molecule has 2 fully saturated rings. The summed E-state index contributed by atoms with van der Waals surface area (Å²) in [6, 6.07) is 5.76. The maximum atomic E-state index is 12.8. The van der Waals surface area contributed by atoms with Crippen LogP contribution in [0.3, 0.4) is 0 Å². The van der Waals surface area contributed by atoms with E-state index in [2.05, 4.69) is 21.2 Å². The molecule has 27 heavy (non-hydrogen) atoms. The number of rotatable bonds is 6. The van der Waals surface area contributed by atoms with Gasteiger partial charge in [0.05, 0.1) is 31.7 Å². The first-order valence-corrected chi connectivity index (χ1v) is 10.7. The van der Waals surface area contributed by atoms with E-state index in [0.717, 1.165) is 47.8 Å². The quantitative estimate of drug-likeness (QED) is 0.647. The second kappa shape index (κ2) is 9.69. The van der Waals surface area contributed by atoms with E-state index in [9.17, 15) is 9.59 Å². The molecule has 3 rings (SSSR count). The van der Waals surface area contributed by atoms with E-state index in [4.69, 9.17) is 9.47 Å². The van der Waals surface area contributed by atoms with Crippen molar-refractivity contribution in [2.24, 2.45) is 11.8 Å². The van der Waals surface area contributed by atoms with E-state index in [-0.39, 0.29) is 23.7 Å². The van der Waals surface area contributed by atoms with E-state index in [0.29, 0.717) is 19.1 Å². The molecule has 0 spiro atoms. The highest BCUT2D eigenvalue weighted by Gasteiger charge is 2.36. The average molecular weight is 438 g/mol. The van der Waals surface area contributed by atoms with Gasteiger partial charge in [-0.25, -0.2) is 0 Å². The summed E-state index contributed by atoms with van der Waals surface area (Å²) in [7, 11) is 1.39. The highest BCUT2D eigenvalue weighted by Crippen LogP contribution is 2.32. The van der Waals surface area contributed by atoms with Crippen LogP contribution in [-0.2, 0) is 25.7 Å². The van der Waals surface area contributed by atoms with Gasteiger partial charge in [0.1, 0.15) is 0 Å². The lowest BCUT2D eigenvalue weighted by Crippen LogP contribution is -2.36. The molecule has 1 aromatic rings. The average Bonchev–Trinajstić information content (AvgIpc) is 3.21. The molecule has 2 atom stereocenters. The van der Waals surface area contributed by atoms with Crippen LogP contribution in [-0.4, -0.2) is 25.1 Å². The zero-order valence-corrected chi connectivity index (χ0v) is 17.4. The molecular weight excluding hydrogens is 410 g/mol. The number of carbonyl (C=O) groups excluding carboxylic acids is 2. The van der Waals surface area contributed by atoms with Gasteiger partial charge in [0.25, 0.3) is 0 Å². The number of amides is 1. The number of hydrogen-bond acceptors (Lipinski definition) is 4. The summed E-state index contributed by atoms with van der Waals surface area (Å²) in [5, 5.41) is 2.99. The first-order valence-electron chi connectivity index (χ1n) is 9.87. The van der Waals surface area contributed by atoms with E-state index in [1.165, 1.54) is 20.0 Å².